The van der Waals surface area contributed by atoms with Gasteiger partial charge in [-0.2, -0.15) is 0 Å². The fraction of sp³-hybridized carbons (Fsp3) is 0.308. The highest BCUT2D eigenvalue weighted by Crippen LogP contribution is 2.22. The summed E-state index contributed by atoms with van der Waals surface area (Å²) in [6.07, 6.45) is 1.72. The smallest absolute Gasteiger partial charge is 0.132 e. The molecule has 0 aromatic carbocycles. The van der Waals surface area contributed by atoms with Crippen LogP contribution in [0.1, 0.15) is 30.0 Å². The molecule has 17 heavy (non-hydrogen) atoms. The second-order valence-corrected chi connectivity index (χ2v) is 4.50. The minimum atomic E-state index is 0.103. The summed E-state index contributed by atoms with van der Waals surface area (Å²) in [4.78, 5) is 4.10. The lowest BCUT2D eigenvalue weighted by atomic mass is 10.2. The number of halogens is 1. The lowest BCUT2D eigenvalue weighted by Gasteiger charge is -2.13. The second kappa shape index (κ2) is 4.80. The van der Waals surface area contributed by atoms with Crippen LogP contribution < -0.4 is 5.32 Å². The standard InChI is InChI=1S/C13H15ClN2O/c1-8-6-11(7-15-13(8)14)16-10(3)12-5-4-9(2)17-12/h4-7,10,16H,1-3H3. The molecule has 2 rings (SSSR count). The van der Waals surface area contributed by atoms with Gasteiger partial charge >= 0.3 is 0 Å². The zero-order chi connectivity index (χ0) is 12.4. The third kappa shape index (κ3) is 2.80. The molecule has 0 saturated carbocycles. The van der Waals surface area contributed by atoms with E-state index in [-0.39, 0.29) is 6.04 Å². The molecule has 0 aliphatic heterocycles. The van der Waals surface area contributed by atoms with Crippen molar-refractivity contribution in [3.05, 3.63) is 46.6 Å². The summed E-state index contributed by atoms with van der Waals surface area (Å²) in [7, 11) is 0. The Morgan fingerprint density at radius 3 is 2.71 bits per heavy atom. The Labute approximate surface area is 106 Å². The Bertz CT molecular complexity index is 522. The normalized spacial score (nSPS) is 12.5. The molecule has 2 aromatic heterocycles. The third-order valence-corrected chi connectivity index (χ3v) is 2.98. The molecule has 4 heteroatoms. The SMILES string of the molecule is Cc1ccc(C(C)Nc2cnc(Cl)c(C)c2)o1. The van der Waals surface area contributed by atoms with E-state index in [0.29, 0.717) is 5.15 Å². The second-order valence-electron chi connectivity index (χ2n) is 4.15. The summed E-state index contributed by atoms with van der Waals surface area (Å²) in [5, 5.41) is 3.86. The molecule has 1 unspecified atom stereocenters. The van der Waals surface area contributed by atoms with E-state index in [4.69, 9.17) is 16.0 Å². The Kier molecular flexibility index (Phi) is 3.38. The van der Waals surface area contributed by atoms with Gasteiger partial charge in [-0.05, 0) is 44.5 Å². The van der Waals surface area contributed by atoms with E-state index < -0.39 is 0 Å². The maximum Gasteiger partial charge on any atom is 0.132 e. The number of nitrogens with one attached hydrogen (secondary N) is 1. The minimum Gasteiger partial charge on any atom is -0.464 e. The van der Waals surface area contributed by atoms with E-state index in [0.717, 1.165) is 22.8 Å². The Balaban J connectivity index is 2.12. The first-order valence-electron chi connectivity index (χ1n) is 5.51. The zero-order valence-corrected chi connectivity index (χ0v) is 10.9. The summed E-state index contributed by atoms with van der Waals surface area (Å²) in [5.74, 6) is 1.83. The predicted molar refractivity (Wildman–Crippen MR) is 69.5 cm³/mol. The van der Waals surface area contributed by atoms with Crippen LogP contribution in [0, 0.1) is 13.8 Å². The maximum atomic E-state index is 5.88. The molecule has 0 aliphatic carbocycles. The van der Waals surface area contributed by atoms with Gasteiger partial charge in [0.2, 0.25) is 0 Å². The van der Waals surface area contributed by atoms with Crippen molar-refractivity contribution < 1.29 is 4.42 Å². The van der Waals surface area contributed by atoms with Crippen LogP contribution >= 0.6 is 11.6 Å². The van der Waals surface area contributed by atoms with Crippen LogP contribution in [-0.4, -0.2) is 4.98 Å². The van der Waals surface area contributed by atoms with E-state index in [1.165, 1.54) is 0 Å². The predicted octanol–water partition coefficient (Wildman–Crippen LogP) is 4.12. The van der Waals surface area contributed by atoms with E-state index in [1.54, 1.807) is 6.20 Å². The molecule has 0 radical (unpaired) electrons. The van der Waals surface area contributed by atoms with E-state index in [9.17, 15) is 0 Å². The van der Waals surface area contributed by atoms with Crippen molar-refractivity contribution >= 4 is 17.3 Å². The van der Waals surface area contributed by atoms with Gasteiger partial charge < -0.3 is 9.73 Å². The van der Waals surface area contributed by atoms with Gasteiger partial charge in [0.05, 0.1) is 17.9 Å². The lowest BCUT2D eigenvalue weighted by molar-refractivity contribution is 0.467. The Hall–Kier alpha value is -1.48. The van der Waals surface area contributed by atoms with Crippen molar-refractivity contribution in [3.63, 3.8) is 0 Å². The largest absolute Gasteiger partial charge is 0.464 e. The van der Waals surface area contributed by atoms with Gasteiger partial charge in [0, 0.05) is 0 Å². The highest BCUT2D eigenvalue weighted by Gasteiger charge is 2.09. The van der Waals surface area contributed by atoms with Gasteiger partial charge in [-0.15, -0.1) is 0 Å². The molecule has 1 N–H and O–H groups in total. The van der Waals surface area contributed by atoms with Crippen LogP contribution in [0.2, 0.25) is 5.15 Å². The molecule has 0 aliphatic rings. The molecule has 0 fully saturated rings. The van der Waals surface area contributed by atoms with Crippen LogP contribution in [0.5, 0.6) is 0 Å². The fourth-order valence-electron chi connectivity index (χ4n) is 1.64. The van der Waals surface area contributed by atoms with Crippen LogP contribution in [-0.2, 0) is 0 Å². The van der Waals surface area contributed by atoms with E-state index >= 15 is 0 Å². The average molecular weight is 251 g/mol. The number of furan rings is 1. The highest BCUT2D eigenvalue weighted by atomic mass is 35.5. The Morgan fingerprint density at radius 1 is 1.35 bits per heavy atom. The average Bonchev–Trinajstić information content (AvgIpc) is 2.70. The molecule has 0 spiro atoms. The van der Waals surface area contributed by atoms with Gasteiger partial charge in [-0.25, -0.2) is 4.98 Å². The fourth-order valence-corrected chi connectivity index (χ4v) is 1.75. The molecule has 2 aromatic rings. The first-order chi connectivity index (χ1) is 8.06. The monoisotopic (exact) mass is 250 g/mol. The van der Waals surface area contributed by atoms with Crippen LogP contribution in [0.3, 0.4) is 0 Å². The molecular formula is C13H15ClN2O. The third-order valence-electron chi connectivity index (χ3n) is 2.59. The molecule has 90 valence electrons. The van der Waals surface area contributed by atoms with Crippen LogP contribution in [0.15, 0.2) is 28.8 Å². The minimum absolute atomic E-state index is 0.103. The molecule has 3 nitrogen and oxygen atoms in total. The lowest BCUT2D eigenvalue weighted by Crippen LogP contribution is -2.06. The van der Waals surface area contributed by atoms with Gasteiger partial charge in [0.1, 0.15) is 16.7 Å². The van der Waals surface area contributed by atoms with Crippen molar-refractivity contribution in [2.75, 3.05) is 5.32 Å². The number of hydrogen-bond acceptors (Lipinski definition) is 3. The van der Waals surface area contributed by atoms with Gasteiger partial charge in [0.25, 0.3) is 0 Å². The highest BCUT2D eigenvalue weighted by molar-refractivity contribution is 6.30. The van der Waals surface area contributed by atoms with E-state index in [1.807, 2.05) is 39.0 Å². The summed E-state index contributed by atoms with van der Waals surface area (Å²) >= 11 is 5.88. The number of rotatable bonds is 3. The number of hydrogen-bond donors (Lipinski definition) is 1. The number of pyridine rings is 1. The molecule has 0 bridgehead atoms. The van der Waals surface area contributed by atoms with Crippen LogP contribution in [0.4, 0.5) is 5.69 Å². The van der Waals surface area contributed by atoms with Gasteiger partial charge in [-0.1, -0.05) is 11.6 Å². The maximum absolute atomic E-state index is 5.88. The molecule has 2 heterocycles. The number of aryl methyl sites for hydroxylation is 2. The zero-order valence-electron chi connectivity index (χ0n) is 10.1. The van der Waals surface area contributed by atoms with Gasteiger partial charge in [-0.3, -0.25) is 0 Å². The van der Waals surface area contributed by atoms with E-state index in [2.05, 4.69) is 10.3 Å². The summed E-state index contributed by atoms with van der Waals surface area (Å²) < 4.78 is 5.56. The molecular weight excluding hydrogens is 236 g/mol. The first-order valence-corrected chi connectivity index (χ1v) is 5.89. The number of anilines is 1. The summed E-state index contributed by atoms with van der Waals surface area (Å²) in [6.45, 7) is 5.91. The molecule has 1 atom stereocenters. The summed E-state index contributed by atoms with van der Waals surface area (Å²) in [6, 6.07) is 6.01. The van der Waals surface area contributed by atoms with Gasteiger partial charge in [0.15, 0.2) is 0 Å². The topological polar surface area (TPSA) is 38.1 Å². The van der Waals surface area contributed by atoms with Crippen molar-refractivity contribution in [3.8, 4) is 0 Å². The Morgan fingerprint density at radius 2 is 2.12 bits per heavy atom. The van der Waals surface area contributed by atoms with Crippen molar-refractivity contribution in [2.45, 2.75) is 26.8 Å². The quantitative estimate of drug-likeness (QED) is 0.833. The molecule has 0 saturated heterocycles. The van der Waals surface area contributed by atoms with Crippen LogP contribution in [0.25, 0.3) is 0 Å². The van der Waals surface area contributed by atoms with Crippen molar-refractivity contribution in [2.24, 2.45) is 0 Å². The number of nitrogens with zero attached hydrogens (tertiary/aromatic N) is 1. The van der Waals surface area contributed by atoms with Crippen molar-refractivity contribution in [1.29, 1.82) is 0 Å². The number of aromatic nitrogens is 1. The molecule has 0 amide bonds. The first kappa shape index (κ1) is 12.0. The summed E-state index contributed by atoms with van der Waals surface area (Å²) in [5.41, 5.74) is 1.90. The van der Waals surface area contributed by atoms with Crippen molar-refractivity contribution in [1.82, 2.24) is 4.98 Å².